The number of rotatable bonds is 5. The van der Waals surface area contributed by atoms with Gasteiger partial charge in [0.25, 0.3) is 0 Å². The Morgan fingerprint density at radius 2 is 1.88 bits per heavy atom. The van der Waals surface area contributed by atoms with E-state index < -0.39 is 0 Å². The van der Waals surface area contributed by atoms with Gasteiger partial charge in [0.15, 0.2) is 5.78 Å². The number of carbonyl (C=O) groups excluding carboxylic acids is 2. The molecule has 6 rings (SSSR count). The van der Waals surface area contributed by atoms with E-state index in [0.29, 0.717) is 17.8 Å². The van der Waals surface area contributed by atoms with E-state index in [1.165, 1.54) is 24.7 Å². The molecule has 0 bridgehead atoms. The Morgan fingerprint density at radius 1 is 1.06 bits per heavy atom. The minimum Gasteiger partial charge on any atom is -0.462 e. The van der Waals surface area contributed by atoms with Crippen LogP contribution in [0.4, 0.5) is 0 Å². The Morgan fingerprint density at radius 3 is 2.62 bits per heavy atom. The van der Waals surface area contributed by atoms with Crippen molar-refractivity contribution in [1.29, 1.82) is 0 Å². The highest BCUT2D eigenvalue weighted by Crippen LogP contribution is 2.65. The molecule has 6 atom stereocenters. The van der Waals surface area contributed by atoms with Crippen LogP contribution in [0.25, 0.3) is 0 Å². The van der Waals surface area contributed by atoms with Crippen molar-refractivity contribution < 1.29 is 14.3 Å². The molecule has 0 unspecified atom stereocenters. The molecular weight excluding hydrogens is 426 g/mol. The smallest absolute Gasteiger partial charge is 0.309 e. The summed E-state index contributed by atoms with van der Waals surface area (Å²) in [5.74, 6) is 2.21. The minimum atomic E-state index is -0.0317. The average molecular weight is 464 g/mol. The molecule has 5 aliphatic rings. The summed E-state index contributed by atoms with van der Waals surface area (Å²) >= 11 is 0. The van der Waals surface area contributed by atoms with Crippen LogP contribution in [0.15, 0.2) is 36.0 Å². The molecule has 0 spiro atoms. The van der Waals surface area contributed by atoms with E-state index in [9.17, 15) is 9.59 Å². The first-order chi connectivity index (χ1) is 16.4. The SMILES string of the molecule is C[C@]12CC[C@H](OC(=O)C3CCC3)CC1=CC[C@@H]1[C@@H]2CC[C@]2(C)C(C(=O)Cn3cncn3)=CC[C@@H]12. The monoisotopic (exact) mass is 463 g/mol. The van der Waals surface area contributed by atoms with Gasteiger partial charge in [0.2, 0.25) is 0 Å². The summed E-state index contributed by atoms with van der Waals surface area (Å²) in [5, 5.41) is 4.13. The fraction of sp³-hybridized carbons (Fsp3) is 0.714. The Bertz CT molecular complexity index is 1040. The highest BCUT2D eigenvalue weighted by molar-refractivity contribution is 5.97. The zero-order valence-electron chi connectivity index (χ0n) is 20.5. The van der Waals surface area contributed by atoms with E-state index in [-0.39, 0.29) is 41.1 Å². The second kappa shape index (κ2) is 8.17. The Balaban J connectivity index is 1.16. The first kappa shape index (κ1) is 22.2. The van der Waals surface area contributed by atoms with Crippen LogP contribution in [0.2, 0.25) is 0 Å². The molecular formula is C28H37N3O3. The molecule has 1 heterocycles. The van der Waals surface area contributed by atoms with Crippen molar-refractivity contribution >= 4 is 11.8 Å². The standard InChI is InChI=1S/C28H37N3O3/c1-27-12-10-20(34-26(33)18-4-3-5-18)14-19(27)6-7-21-22-8-9-24(28(22,2)13-11-23(21)27)25(32)15-31-17-29-16-30-31/h6,9,16-18,20-23H,3-5,7-8,10-15H2,1-2H3/t20-,21-,22-,23-,27-,28-/m0/s1. The number of ether oxygens (including phenoxy) is 1. The van der Waals surface area contributed by atoms with Crippen LogP contribution in [0.1, 0.15) is 78.1 Å². The van der Waals surface area contributed by atoms with Crippen molar-refractivity contribution in [1.82, 2.24) is 14.8 Å². The number of esters is 1. The van der Waals surface area contributed by atoms with E-state index in [2.05, 4.69) is 36.1 Å². The molecule has 0 amide bonds. The molecule has 1 aromatic rings. The molecule has 0 saturated heterocycles. The van der Waals surface area contributed by atoms with Crippen molar-refractivity contribution in [3.63, 3.8) is 0 Å². The largest absolute Gasteiger partial charge is 0.462 e. The topological polar surface area (TPSA) is 74.1 Å². The first-order valence-electron chi connectivity index (χ1n) is 13.3. The molecule has 0 aromatic carbocycles. The van der Waals surface area contributed by atoms with Gasteiger partial charge in [0, 0.05) is 6.42 Å². The van der Waals surface area contributed by atoms with Crippen molar-refractivity contribution in [2.24, 2.45) is 34.5 Å². The summed E-state index contributed by atoms with van der Waals surface area (Å²) in [5.41, 5.74) is 2.73. The summed E-state index contributed by atoms with van der Waals surface area (Å²) < 4.78 is 7.59. The van der Waals surface area contributed by atoms with Gasteiger partial charge in [-0.3, -0.25) is 9.59 Å². The van der Waals surface area contributed by atoms with Crippen molar-refractivity contribution in [2.75, 3.05) is 0 Å². The number of aromatic nitrogens is 3. The zero-order valence-corrected chi connectivity index (χ0v) is 20.5. The summed E-state index contributed by atoms with van der Waals surface area (Å²) in [6, 6.07) is 0. The van der Waals surface area contributed by atoms with Crippen molar-refractivity contribution in [3.05, 3.63) is 36.0 Å². The predicted octanol–water partition coefficient (Wildman–Crippen LogP) is 5.06. The van der Waals surface area contributed by atoms with E-state index in [4.69, 9.17) is 4.74 Å². The number of Topliss-reactive ketones (excluding diaryl/α,β-unsaturated/α-hetero) is 1. The minimum absolute atomic E-state index is 0.0317. The summed E-state index contributed by atoms with van der Waals surface area (Å²) in [6.07, 6.45) is 18.5. The van der Waals surface area contributed by atoms with E-state index >= 15 is 0 Å². The normalized spacial score (nSPS) is 39.1. The molecule has 5 aliphatic carbocycles. The van der Waals surface area contributed by atoms with Gasteiger partial charge < -0.3 is 4.74 Å². The third-order valence-corrected chi connectivity index (χ3v) is 10.4. The third kappa shape index (κ3) is 3.43. The van der Waals surface area contributed by atoms with Gasteiger partial charge in [-0.2, -0.15) is 5.10 Å². The average Bonchev–Trinajstić information content (AvgIpc) is 3.39. The van der Waals surface area contributed by atoms with Crippen molar-refractivity contribution in [2.45, 2.75) is 90.7 Å². The third-order valence-electron chi connectivity index (χ3n) is 10.4. The van der Waals surface area contributed by atoms with Gasteiger partial charge >= 0.3 is 5.97 Å². The molecule has 34 heavy (non-hydrogen) atoms. The Hall–Kier alpha value is -2.24. The van der Waals surface area contributed by atoms with Crippen LogP contribution >= 0.6 is 0 Å². The second-order valence-electron chi connectivity index (χ2n) is 12.0. The molecule has 6 nitrogen and oxygen atoms in total. The van der Waals surface area contributed by atoms with Crippen LogP contribution < -0.4 is 0 Å². The van der Waals surface area contributed by atoms with Gasteiger partial charge in [-0.05, 0) is 85.5 Å². The summed E-state index contributed by atoms with van der Waals surface area (Å²) in [7, 11) is 0. The van der Waals surface area contributed by atoms with Gasteiger partial charge in [0.1, 0.15) is 25.3 Å². The maximum absolute atomic E-state index is 13.2. The highest BCUT2D eigenvalue weighted by atomic mass is 16.5. The van der Waals surface area contributed by atoms with Crippen LogP contribution in [0, 0.1) is 34.5 Å². The van der Waals surface area contributed by atoms with Crippen LogP contribution in [0.5, 0.6) is 0 Å². The van der Waals surface area contributed by atoms with E-state index in [1.54, 1.807) is 11.0 Å². The van der Waals surface area contributed by atoms with E-state index in [1.807, 2.05) is 0 Å². The molecule has 1 aromatic heterocycles. The van der Waals surface area contributed by atoms with Gasteiger partial charge in [0.05, 0.1) is 5.92 Å². The molecule has 3 saturated carbocycles. The lowest BCUT2D eigenvalue weighted by Gasteiger charge is -2.57. The summed E-state index contributed by atoms with van der Waals surface area (Å²) in [4.78, 5) is 29.6. The summed E-state index contributed by atoms with van der Waals surface area (Å²) in [6.45, 7) is 5.09. The number of hydrogen-bond acceptors (Lipinski definition) is 5. The number of hydrogen-bond donors (Lipinski definition) is 0. The van der Waals surface area contributed by atoms with Crippen LogP contribution in [-0.2, 0) is 20.9 Å². The Kier molecular flexibility index (Phi) is 5.34. The zero-order chi connectivity index (χ0) is 23.5. The number of nitrogens with zero attached hydrogens (tertiary/aromatic N) is 3. The maximum atomic E-state index is 13.2. The van der Waals surface area contributed by atoms with Crippen LogP contribution in [0.3, 0.4) is 0 Å². The molecule has 182 valence electrons. The lowest BCUT2D eigenvalue weighted by Crippen LogP contribution is -2.50. The number of carbonyl (C=O) groups is 2. The number of fused-ring (bicyclic) bond motifs is 5. The lowest BCUT2D eigenvalue weighted by atomic mass is 9.47. The molecule has 0 aliphatic heterocycles. The van der Waals surface area contributed by atoms with E-state index in [0.717, 1.165) is 56.9 Å². The first-order valence-corrected chi connectivity index (χ1v) is 13.3. The predicted molar refractivity (Wildman–Crippen MR) is 127 cm³/mol. The fourth-order valence-electron chi connectivity index (χ4n) is 8.18. The number of ketones is 1. The molecule has 0 N–H and O–H groups in total. The van der Waals surface area contributed by atoms with Gasteiger partial charge in [-0.1, -0.05) is 38.0 Å². The molecule has 3 fully saturated rings. The highest BCUT2D eigenvalue weighted by Gasteiger charge is 2.57. The quantitative estimate of drug-likeness (QED) is 0.451. The Labute approximate surface area is 202 Å². The molecule has 6 heteroatoms. The van der Waals surface area contributed by atoms with Gasteiger partial charge in [-0.15, -0.1) is 0 Å². The second-order valence-corrected chi connectivity index (χ2v) is 12.0. The fourth-order valence-corrected chi connectivity index (χ4v) is 8.18. The van der Waals surface area contributed by atoms with Gasteiger partial charge in [-0.25, -0.2) is 9.67 Å². The lowest BCUT2D eigenvalue weighted by molar-refractivity contribution is -0.159. The molecule has 0 radical (unpaired) electrons. The number of allylic oxidation sites excluding steroid dienone is 3. The maximum Gasteiger partial charge on any atom is 0.309 e. The van der Waals surface area contributed by atoms with Crippen LogP contribution in [-0.4, -0.2) is 32.6 Å². The van der Waals surface area contributed by atoms with Crippen molar-refractivity contribution in [3.8, 4) is 0 Å².